The lowest BCUT2D eigenvalue weighted by molar-refractivity contribution is 0.0947. The van der Waals surface area contributed by atoms with E-state index in [-0.39, 0.29) is 29.1 Å². The van der Waals surface area contributed by atoms with Crippen molar-refractivity contribution in [2.45, 2.75) is 65.5 Å². The number of likely N-dealkylation sites (tertiary alicyclic amines) is 1. The summed E-state index contributed by atoms with van der Waals surface area (Å²) in [4.78, 5) is 19.8. The lowest BCUT2D eigenvalue weighted by Gasteiger charge is -2.37. The molecule has 0 amide bonds. The highest BCUT2D eigenvalue weighted by Gasteiger charge is 2.30. The van der Waals surface area contributed by atoms with Gasteiger partial charge >= 0.3 is 0 Å². The van der Waals surface area contributed by atoms with Gasteiger partial charge in [-0.1, -0.05) is 13.0 Å². The first-order valence-corrected chi connectivity index (χ1v) is 14.0. The highest BCUT2D eigenvalue weighted by molar-refractivity contribution is 5.83. The van der Waals surface area contributed by atoms with Crippen molar-refractivity contribution in [3.63, 3.8) is 0 Å². The summed E-state index contributed by atoms with van der Waals surface area (Å²) in [5.74, 6) is 0.514. The summed E-state index contributed by atoms with van der Waals surface area (Å²) >= 11 is 0. The number of aromatic nitrogens is 5. The average Bonchev–Trinajstić information content (AvgIpc) is 3.27. The Morgan fingerprint density at radius 1 is 1.02 bits per heavy atom. The second kappa shape index (κ2) is 11.5. The molecule has 2 atom stereocenters. The average molecular weight is 550 g/mol. The van der Waals surface area contributed by atoms with E-state index in [4.69, 9.17) is 0 Å². The van der Waals surface area contributed by atoms with Gasteiger partial charge in [0.25, 0.3) is 0 Å². The number of fused-ring (bicyclic) bond motifs is 1. The third-order valence-electron chi connectivity index (χ3n) is 7.98. The number of aliphatic hydroxyl groups is 1. The van der Waals surface area contributed by atoms with Crippen LogP contribution in [-0.4, -0.2) is 60.2 Å². The SMILES string of the molecule is CCN1CCC([C@@H](c2ccc(Nc3ncc(F)c(-c4cc(F)c5nc(C)n(C(C)C)c5c4)n3)nc2)[C@@H](C)O)CC1. The zero-order valence-corrected chi connectivity index (χ0v) is 23.7. The fraction of sp³-hybridized carbons (Fsp3) is 0.467. The molecule has 2 N–H and O–H groups in total. The number of piperidine rings is 1. The quantitative estimate of drug-likeness (QED) is 0.279. The molecule has 0 radical (unpaired) electrons. The number of nitrogens with one attached hydrogen (secondary N) is 1. The Labute approximate surface area is 233 Å². The van der Waals surface area contributed by atoms with E-state index in [1.54, 1.807) is 12.3 Å². The number of nitrogens with zero attached hydrogens (tertiary/aromatic N) is 6. The van der Waals surface area contributed by atoms with Gasteiger partial charge in [0.2, 0.25) is 5.95 Å². The Bertz CT molecular complexity index is 1480. The van der Waals surface area contributed by atoms with Crippen LogP contribution in [0.25, 0.3) is 22.3 Å². The molecule has 0 saturated carbocycles. The molecule has 4 aromatic rings. The molecule has 0 bridgehead atoms. The van der Waals surface area contributed by atoms with Gasteiger partial charge in [-0.05, 0) is 89.9 Å². The van der Waals surface area contributed by atoms with E-state index < -0.39 is 17.7 Å². The third-order valence-corrected chi connectivity index (χ3v) is 7.98. The fourth-order valence-electron chi connectivity index (χ4n) is 6.05. The molecular weight excluding hydrogens is 512 g/mol. The van der Waals surface area contributed by atoms with Crippen molar-refractivity contribution in [3.05, 3.63) is 59.7 Å². The molecule has 5 rings (SSSR count). The predicted molar refractivity (Wildman–Crippen MR) is 153 cm³/mol. The van der Waals surface area contributed by atoms with Gasteiger partial charge in [-0.2, -0.15) is 0 Å². The minimum Gasteiger partial charge on any atom is -0.393 e. The minimum absolute atomic E-state index is 0.00181. The molecular formula is C30H37F2N7O. The highest BCUT2D eigenvalue weighted by atomic mass is 19.1. The van der Waals surface area contributed by atoms with Crippen molar-refractivity contribution in [3.8, 4) is 11.3 Å². The number of aryl methyl sites for hydroxylation is 1. The van der Waals surface area contributed by atoms with Crippen molar-refractivity contribution in [2.75, 3.05) is 25.0 Å². The monoisotopic (exact) mass is 549 g/mol. The number of anilines is 2. The minimum atomic E-state index is -0.658. The maximum Gasteiger partial charge on any atom is 0.229 e. The number of pyridine rings is 1. The Hall–Kier alpha value is -3.50. The molecule has 3 aromatic heterocycles. The van der Waals surface area contributed by atoms with Gasteiger partial charge in [-0.3, -0.25) is 0 Å². The Kier molecular flexibility index (Phi) is 8.09. The zero-order chi connectivity index (χ0) is 28.6. The van der Waals surface area contributed by atoms with E-state index >= 15 is 4.39 Å². The number of imidazole rings is 1. The molecule has 4 heterocycles. The van der Waals surface area contributed by atoms with E-state index in [1.165, 1.54) is 6.07 Å². The first kappa shape index (κ1) is 28.0. The molecule has 1 fully saturated rings. The highest BCUT2D eigenvalue weighted by Crippen LogP contribution is 2.36. The number of rotatable bonds is 8. The third kappa shape index (κ3) is 5.55. The number of halogens is 2. The van der Waals surface area contributed by atoms with Gasteiger partial charge in [0.05, 0.1) is 17.8 Å². The van der Waals surface area contributed by atoms with Gasteiger partial charge in [-0.25, -0.2) is 28.7 Å². The first-order chi connectivity index (χ1) is 19.2. The van der Waals surface area contributed by atoms with Crippen LogP contribution in [0, 0.1) is 24.5 Å². The summed E-state index contributed by atoms with van der Waals surface area (Å²) in [5, 5.41) is 13.6. The van der Waals surface area contributed by atoms with Crippen LogP contribution in [0.3, 0.4) is 0 Å². The molecule has 1 aliphatic rings. The largest absolute Gasteiger partial charge is 0.393 e. The smallest absolute Gasteiger partial charge is 0.229 e. The molecule has 40 heavy (non-hydrogen) atoms. The van der Waals surface area contributed by atoms with Crippen LogP contribution in [0.4, 0.5) is 20.5 Å². The maximum absolute atomic E-state index is 15.0. The predicted octanol–water partition coefficient (Wildman–Crippen LogP) is 6.00. The first-order valence-electron chi connectivity index (χ1n) is 14.0. The summed E-state index contributed by atoms with van der Waals surface area (Å²) in [6, 6.07) is 6.79. The molecule has 1 aromatic carbocycles. The summed E-state index contributed by atoms with van der Waals surface area (Å²) in [5.41, 5.74) is 2.10. The van der Waals surface area contributed by atoms with Crippen molar-refractivity contribution < 1.29 is 13.9 Å². The van der Waals surface area contributed by atoms with Gasteiger partial charge < -0.3 is 19.9 Å². The topological polar surface area (TPSA) is 92.0 Å². The number of aliphatic hydroxyl groups excluding tert-OH is 1. The maximum atomic E-state index is 15.0. The van der Waals surface area contributed by atoms with Crippen LogP contribution in [0.1, 0.15) is 63.9 Å². The van der Waals surface area contributed by atoms with Crippen molar-refractivity contribution in [2.24, 2.45) is 5.92 Å². The lowest BCUT2D eigenvalue weighted by atomic mass is 9.78. The van der Waals surface area contributed by atoms with Crippen LogP contribution >= 0.6 is 0 Å². The van der Waals surface area contributed by atoms with Crippen molar-refractivity contribution in [1.82, 2.24) is 29.4 Å². The molecule has 0 unspecified atom stereocenters. The van der Waals surface area contributed by atoms with Gasteiger partial charge in [0.15, 0.2) is 11.6 Å². The standard InChI is InChI=1S/C30H37F2N7O/c1-6-38-11-9-20(10-12-38)27(18(4)40)21-7-8-26(33-15-21)36-30-34-16-24(32)28(37-30)22-13-23(31)29-25(14-22)39(17(2)3)19(5)35-29/h7-8,13-18,20,27,40H,6,9-12H2,1-5H3,(H,33,34,36,37)/t18-,27+/m1/s1. The van der Waals surface area contributed by atoms with Crippen LogP contribution in [0.2, 0.25) is 0 Å². The normalized spacial score (nSPS) is 16.5. The Morgan fingerprint density at radius 3 is 2.40 bits per heavy atom. The summed E-state index contributed by atoms with van der Waals surface area (Å²) in [6.07, 6.45) is 4.43. The van der Waals surface area contributed by atoms with Gasteiger partial charge in [0, 0.05) is 23.7 Å². The lowest BCUT2D eigenvalue weighted by Crippen LogP contribution is -2.37. The van der Waals surface area contributed by atoms with Crippen molar-refractivity contribution >= 4 is 22.8 Å². The molecule has 8 nitrogen and oxygen atoms in total. The second-order valence-electron chi connectivity index (χ2n) is 11.0. The van der Waals surface area contributed by atoms with Gasteiger partial charge in [0.1, 0.15) is 22.9 Å². The molecule has 0 aliphatic carbocycles. The second-order valence-corrected chi connectivity index (χ2v) is 11.0. The summed E-state index contributed by atoms with van der Waals surface area (Å²) in [6.45, 7) is 12.9. The van der Waals surface area contributed by atoms with E-state index in [0.29, 0.717) is 28.6 Å². The van der Waals surface area contributed by atoms with E-state index in [1.807, 2.05) is 44.4 Å². The summed E-state index contributed by atoms with van der Waals surface area (Å²) in [7, 11) is 0. The molecule has 212 valence electrons. The zero-order valence-electron chi connectivity index (χ0n) is 23.7. The van der Waals surface area contributed by atoms with Gasteiger partial charge in [-0.15, -0.1) is 0 Å². The van der Waals surface area contributed by atoms with Crippen LogP contribution in [0.5, 0.6) is 0 Å². The molecule has 10 heteroatoms. The summed E-state index contributed by atoms with van der Waals surface area (Å²) < 4.78 is 31.8. The van der Waals surface area contributed by atoms with Crippen LogP contribution < -0.4 is 5.32 Å². The van der Waals surface area contributed by atoms with Crippen LogP contribution in [-0.2, 0) is 0 Å². The van der Waals surface area contributed by atoms with E-state index in [9.17, 15) is 9.50 Å². The molecule has 1 saturated heterocycles. The van der Waals surface area contributed by atoms with Crippen LogP contribution in [0.15, 0.2) is 36.7 Å². The Balaban J connectivity index is 1.39. The number of benzene rings is 1. The van der Waals surface area contributed by atoms with Crippen molar-refractivity contribution in [1.29, 1.82) is 0 Å². The Morgan fingerprint density at radius 2 is 1.77 bits per heavy atom. The number of hydrogen-bond donors (Lipinski definition) is 2. The fourth-order valence-corrected chi connectivity index (χ4v) is 6.05. The van der Waals surface area contributed by atoms with E-state index in [2.05, 4.69) is 37.1 Å². The number of hydrogen-bond acceptors (Lipinski definition) is 7. The molecule has 1 aliphatic heterocycles. The molecule has 0 spiro atoms. The van der Waals surface area contributed by atoms with E-state index in [0.717, 1.165) is 44.2 Å².